The molecule has 0 heterocycles. The van der Waals surface area contributed by atoms with Crippen LogP contribution in [0.4, 0.5) is 13.2 Å². The molecule has 8 heteroatoms. The molecule has 0 aliphatic heterocycles. The molecule has 24 heavy (non-hydrogen) atoms. The highest BCUT2D eigenvalue weighted by molar-refractivity contribution is 5.87. The van der Waals surface area contributed by atoms with Crippen molar-refractivity contribution in [3.8, 4) is 0 Å². The third-order valence-electron chi connectivity index (χ3n) is 3.99. The van der Waals surface area contributed by atoms with Gasteiger partial charge in [-0.25, -0.2) is 4.79 Å². The summed E-state index contributed by atoms with van der Waals surface area (Å²) in [4.78, 5) is 23.2. The van der Waals surface area contributed by atoms with Crippen molar-refractivity contribution >= 4 is 11.9 Å². The Labute approximate surface area is 136 Å². The largest absolute Gasteiger partial charge is 0.480 e. The van der Waals surface area contributed by atoms with Crippen LogP contribution in [0.3, 0.4) is 0 Å². The molecule has 5 nitrogen and oxygen atoms in total. The van der Waals surface area contributed by atoms with Crippen LogP contribution >= 0.6 is 0 Å². The van der Waals surface area contributed by atoms with E-state index in [1.165, 1.54) is 13.2 Å². The van der Waals surface area contributed by atoms with E-state index in [2.05, 4.69) is 5.32 Å². The number of nitrogens with one attached hydrogen (secondary N) is 1. The number of carboxylic acid groups (broad SMARTS) is 1. The second-order valence-electron chi connectivity index (χ2n) is 5.75. The van der Waals surface area contributed by atoms with Gasteiger partial charge in [-0.05, 0) is 24.0 Å². The van der Waals surface area contributed by atoms with Gasteiger partial charge >= 0.3 is 12.1 Å². The van der Waals surface area contributed by atoms with Crippen LogP contribution in [-0.4, -0.2) is 36.7 Å². The van der Waals surface area contributed by atoms with Crippen LogP contribution in [0.15, 0.2) is 24.3 Å². The molecule has 0 bridgehead atoms. The molecule has 132 valence electrons. The zero-order chi connectivity index (χ0) is 17.9. The number of rotatable bonds is 7. The lowest BCUT2D eigenvalue weighted by atomic mass is 10.0. The number of carboxylic acids is 1. The normalized spacial score (nSPS) is 21.2. The highest BCUT2D eigenvalue weighted by Crippen LogP contribution is 2.48. The predicted octanol–water partition coefficient (Wildman–Crippen LogP) is 2.41. The molecular formula is C16H18F3NO4. The quantitative estimate of drug-likeness (QED) is 0.796. The van der Waals surface area contributed by atoms with Gasteiger partial charge in [0.1, 0.15) is 6.04 Å². The number of hydrogen-bond acceptors (Lipinski definition) is 3. The average Bonchev–Trinajstić information content (AvgIpc) is 3.31. The highest BCUT2D eigenvalue weighted by atomic mass is 19.4. The average molecular weight is 345 g/mol. The molecule has 1 saturated carbocycles. The first-order valence-electron chi connectivity index (χ1n) is 7.43. The first-order valence-corrected chi connectivity index (χ1v) is 7.43. The zero-order valence-electron chi connectivity index (χ0n) is 13.0. The van der Waals surface area contributed by atoms with Crippen LogP contribution in [0.25, 0.3) is 0 Å². The van der Waals surface area contributed by atoms with Gasteiger partial charge in [0.05, 0.1) is 5.56 Å². The summed E-state index contributed by atoms with van der Waals surface area (Å²) in [6, 6.07) is 3.81. The number of ether oxygens (including phenoxy) is 1. The summed E-state index contributed by atoms with van der Waals surface area (Å²) in [5.74, 6) is -2.44. The number of hydrogen-bond donors (Lipinski definition) is 2. The first kappa shape index (κ1) is 18.3. The van der Waals surface area contributed by atoms with Crippen LogP contribution in [0, 0.1) is 5.92 Å². The molecule has 1 fully saturated rings. The van der Waals surface area contributed by atoms with Gasteiger partial charge in [-0.15, -0.1) is 0 Å². The molecule has 3 atom stereocenters. The summed E-state index contributed by atoms with van der Waals surface area (Å²) >= 11 is 0. The summed E-state index contributed by atoms with van der Waals surface area (Å²) in [5, 5.41) is 11.5. The Bertz CT molecular complexity index is 618. The van der Waals surface area contributed by atoms with E-state index < -0.39 is 35.6 Å². The predicted molar refractivity (Wildman–Crippen MR) is 78.4 cm³/mol. The smallest absolute Gasteiger partial charge is 0.416 e. The van der Waals surface area contributed by atoms with Crippen LogP contribution < -0.4 is 5.32 Å². The molecule has 2 rings (SSSR count). The van der Waals surface area contributed by atoms with Crippen molar-refractivity contribution in [1.82, 2.24) is 5.32 Å². The maximum Gasteiger partial charge on any atom is 0.416 e. The van der Waals surface area contributed by atoms with Crippen molar-refractivity contribution in [2.45, 2.75) is 31.0 Å². The lowest BCUT2D eigenvalue weighted by Gasteiger charge is -2.14. The number of amides is 1. The fraction of sp³-hybridized carbons (Fsp3) is 0.500. The molecule has 2 N–H and O–H groups in total. The summed E-state index contributed by atoms with van der Waals surface area (Å²) in [6.45, 7) is 0.180. The second kappa shape index (κ2) is 7.21. The molecule has 1 aliphatic rings. The van der Waals surface area contributed by atoms with Crippen molar-refractivity contribution in [1.29, 1.82) is 0 Å². The van der Waals surface area contributed by atoms with Gasteiger partial charge in [-0.1, -0.05) is 18.2 Å². The van der Waals surface area contributed by atoms with Crippen LogP contribution in [0.1, 0.15) is 29.9 Å². The molecule has 1 aromatic rings. The molecule has 3 unspecified atom stereocenters. The third kappa shape index (κ3) is 4.47. The molecule has 0 saturated heterocycles. The van der Waals surface area contributed by atoms with Crippen molar-refractivity contribution in [3.05, 3.63) is 35.4 Å². The van der Waals surface area contributed by atoms with Gasteiger partial charge in [0.15, 0.2) is 0 Å². The molecule has 1 aliphatic carbocycles. The number of carbonyl (C=O) groups is 2. The van der Waals surface area contributed by atoms with Crippen molar-refractivity contribution in [2.24, 2.45) is 5.92 Å². The van der Waals surface area contributed by atoms with E-state index in [1.807, 2.05) is 0 Å². The summed E-state index contributed by atoms with van der Waals surface area (Å²) in [7, 11) is 1.42. The van der Waals surface area contributed by atoms with E-state index in [0.29, 0.717) is 12.0 Å². The maximum absolute atomic E-state index is 12.7. The SMILES string of the molecule is COCCC(NC(=O)C1CC1c1cccc(C(F)(F)F)c1)C(=O)O. The number of benzene rings is 1. The van der Waals surface area contributed by atoms with E-state index >= 15 is 0 Å². The molecule has 0 aromatic heterocycles. The standard InChI is InChI=1S/C16H18F3NO4/c1-24-6-5-13(15(22)23)20-14(21)12-8-11(12)9-3-2-4-10(7-9)16(17,18)19/h2-4,7,11-13H,5-6,8H2,1H3,(H,20,21)(H,22,23). The molecular weight excluding hydrogens is 327 g/mol. The summed E-state index contributed by atoms with van der Waals surface area (Å²) in [6.07, 6.45) is -3.90. The minimum Gasteiger partial charge on any atom is -0.480 e. The number of alkyl halides is 3. The molecule has 0 radical (unpaired) electrons. The van der Waals surface area contributed by atoms with E-state index in [1.54, 1.807) is 6.07 Å². The number of carbonyl (C=O) groups excluding carboxylic acids is 1. The Morgan fingerprint density at radius 3 is 2.71 bits per heavy atom. The van der Waals surface area contributed by atoms with Gasteiger partial charge in [0.2, 0.25) is 5.91 Å². The highest BCUT2D eigenvalue weighted by Gasteiger charge is 2.45. The van der Waals surface area contributed by atoms with Gasteiger partial charge in [-0.3, -0.25) is 4.79 Å². The summed E-state index contributed by atoms with van der Waals surface area (Å²) < 4.78 is 43.0. The van der Waals surface area contributed by atoms with E-state index in [4.69, 9.17) is 9.84 Å². The topological polar surface area (TPSA) is 75.6 Å². The van der Waals surface area contributed by atoms with Crippen molar-refractivity contribution in [3.63, 3.8) is 0 Å². The van der Waals surface area contributed by atoms with E-state index in [0.717, 1.165) is 12.1 Å². The van der Waals surface area contributed by atoms with Crippen LogP contribution in [0.2, 0.25) is 0 Å². The fourth-order valence-electron chi connectivity index (χ4n) is 2.57. The second-order valence-corrected chi connectivity index (χ2v) is 5.75. The number of halogens is 3. The lowest BCUT2D eigenvalue weighted by Crippen LogP contribution is -2.42. The van der Waals surface area contributed by atoms with E-state index in [-0.39, 0.29) is 18.9 Å². The maximum atomic E-state index is 12.7. The van der Waals surface area contributed by atoms with Crippen LogP contribution in [0.5, 0.6) is 0 Å². The molecule has 0 spiro atoms. The Morgan fingerprint density at radius 2 is 2.12 bits per heavy atom. The Morgan fingerprint density at radius 1 is 1.42 bits per heavy atom. The Hall–Kier alpha value is -2.09. The minimum absolute atomic E-state index is 0.124. The first-order chi connectivity index (χ1) is 11.2. The van der Waals surface area contributed by atoms with Gasteiger partial charge in [0.25, 0.3) is 0 Å². The summed E-state index contributed by atoms with van der Waals surface area (Å²) in [5.41, 5.74) is -0.316. The van der Waals surface area contributed by atoms with Crippen LogP contribution in [-0.2, 0) is 20.5 Å². The van der Waals surface area contributed by atoms with E-state index in [9.17, 15) is 22.8 Å². The third-order valence-corrected chi connectivity index (χ3v) is 3.99. The lowest BCUT2D eigenvalue weighted by molar-refractivity contribution is -0.142. The number of methoxy groups -OCH3 is 1. The van der Waals surface area contributed by atoms with Gasteiger partial charge in [-0.2, -0.15) is 13.2 Å². The minimum atomic E-state index is -4.43. The monoisotopic (exact) mass is 345 g/mol. The molecule has 1 aromatic carbocycles. The molecule has 1 amide bonds. The Balaban J connectivity index is 1.99. The van der Waals surface area contributed by atoms with Crippen molar-refractivity contribution in [2.75, 3.05) is 13.7 Å². The number of aliphatic carboxylic acids is 1. The van der Waals surface area contributed by atoms with Gasteiger partial charge in [0, 0.05) is 26.1 Å². The van der Waals surface area contributed by atoms with Gasteiger partial charge < -0.3 is 15.2 Å². The Kier molecular flexibility index (Phi) is 5.48. The van der Waals surface area contributed by atoms with Crippen molar-refractivity contribution < 1.29 is 32.6 Å². The fourth-order valence-corrected chi connectivity index (χ4v) is 2.57. The zero-order valence-corrected chi connectivity index (χ0v) is 13.0.